The van der Waals surface area contributed by atoms with Crippen molar-refractivity contribution in [1.82, 2.24) is 0 Å². The van der Waals surface area contributed by atoms with E-state index in [1.165, 1.54) is 11.1 Å². The van der Waals surface area contributed by atoms with E-state index in [1.54, 1.807) is 0 Å². The largest absolute Gasteiger partial charge is 0.0990 e. The van der Waals surface area contributed by atoms with Crippen molar-refractivity contribution in [3.63, 3.8) is 0 Å². The minimum absolute atomic E-state index is 0.987. The summed E-state index contributed by atoms with van der Waals surface area (Å²) in [5.74, 6) is 0. The van der Waals surface area contributed by atoms with Gasteiger partial charge in [0.2, 0.25) is 0 Å². The number of allylic oxidation sites excluding steroid dienone is 11. The molecule has 0 heteroatoms. The summed E-state index contributed by atoms with van der Waals surface area (Å²) >= 11 is 0. The molecule has 0 nitrogen and oxygen atoms in total. The van der Waals surface area contributed by atoms with Gasteiger partial charge in [0, 0.05) is 0 Å². The van der Waals surface area contributed by atoms with Crippen molar-refractivity contribution >= 4 is 0 Å². The number of hydrogen-bond donors (Lipinski definition) is 0. The van der Waals surface area contributed by atoms with E-state index in [-0.39, 0.29) is 0 Å². The van der Waals surface area contributed by atoms with Crippen LogP contribution in [-0.2, 0) is 0 Å². The molecule has 0 saturated carbocycles. The van der Waals surface area contributed by atoms with Crippen LogP contribution in [-0.4, -0.2) is 0 Å². The van der Waals surface area contributed by atoms with E-state index in [9.17, 15) is 0 Å². The van der Waals surface area contributed by atoms with Crippen LogP contribution in [0.2, 0.25) is 0 Å². The summed E-state index contributed by atoms with van der Waals surface area (Å²) in [5, 5.41) is 0. The van der Waals surface area contributed by atoms with Crippen LogP contribution in [0.15, 0.2) is 72.4 Å². The summed E-state index contributed by atoms with van der Waals surface area (Å²) in [4.78, 5) is 0. The molecular weight excluding hydrogens is 180 g/mol. The molecule has 78 valence electrons. The zero-order chi connectivity index (χ0) is 10.9. The lowest BCUT2D eigenvalue weighted by Crippen LogP contribution is -1.85. The van der Waals surface area contributed by atoms with Crippen LogP contribution >= 0.6 is 0 Å². The van der Waals surface area contributed by atoms with E-state index in [0.29, 0.717) is 0 Å². The third-order valence-electron chi connectivity index (χ3n) is 2.19. The second-order valence-electron chi connectivity index (χ2n) is 3.38. The molecule has 0 saturated heterocycles. The minimum Gasteiger partial charge on any atom is -0.0990 e. The molecule has 1 rings (SSSR count). The van der Waals surface area contributed by atoms with Crippen molar-refractivity contribution in [2.24, 2.45) is 0 Å². The Morgan fingerprint density at radius 2 is 2.27 bits per heavy atom. The third-order valence-corrected chi connectivity index (χ3v) is 2.19. The molecule has 0 aromatic carbocycles. The molecule has 0 spiro atoms. The molecule has 1 aliphatic carbocycles. The molecule has 0 radical (unpaired) electrons. The topological polar surface area (TPSA) is 0 Å². The highest BCUT2D eigenvalue weighted by Gasteiger charge is 1.99. The van der Waals surface area contributed by atoms with Gasteiger partial charge in [-0.05, 0) is 24.0 Å². The predicted molar refractivity (Wildman–Crippen MR) is 68.7 cm³/mol. The molecule has 0 fully saturated rings. The minimum atomic E-state index is 0.987. The maximum atomic E-state index is 3.75. The maximum absolute atomic E-state index is 3.75. The number of hydrogen-bond acceptors (Lipinski definition) is 0. The van der Waals surface area contributed by atoms with Crippen LogP contribution in [0.1, 0.15) is 19.8 Å². The van der Waals surface area contributed by atoms with Gasteiger partial charge in [0.05, 0.1) is 0 Å². The average molecular weight is 198 g/mol. The van der Waals surface area contributed by atoms with Gasteiger partial charge < -0.3 is 0 Å². The van der Waals surface area contributed by atoms with Crippen molar-refractivity contribution in [2.75, 3.05) is 0 Å². The first-order valence-corrected chi connectivity index (χ1v) is 5.40. The van der Waals surface area contributed by atoms with E-state index in [4.69, 9.17) is 0 Å². The first-order chi connectivity index (χ1) is 7.38. The monoisotopic (exact) mass is 198 g/mol. The van der Waals surface area contributed by atoms with Gasteiger partial charge >= 0.3 is 0 Å². The van der Waals surface area contributed by atoms with Crippen molar-refractivity contribution < 1.29 is 0 Å². The molecule has 0 aromatic heterocycles. The Bertz CT molecular complexity index is 346. The fraction of sp³-hybridized carbons (Fsp3) is 0.200. The van der Waals surface area contributed by atoms with Crippen LogP contribution in [0.4, 0.5) is 0 Å². The molecule has 0 heterocycles. The van der Waals surface area contributed by atoms with Gasteiger partial charge in [-0.2, -0.15) is 0 Å². The molecular formula is C15H18. The predicted octanol–water partition coefficient (Wildman–Crippen LogP) is 4.51. The molecule has 0 amide bonds. The van der Waals surface area contributed by atoms with E-state index < -0.39 is 0 Å². The van der Waals surface area contributed by atoms with Gasteiger partial charge in [0.1, 0.15) is 0 Å². The van der Waals surface area contributed by atoms with Crippen LogP contribution in [0, 0.1) is 0 Å². The zero-order valence-electron chi connectivity index (χ0n) is 9.32. The molecule has 0 aliphatic heterocycles. The molecule has 0 N–H and O–H groups in total. The summed E-state index contributed by atoms with van der Waals surface area (Å²) < 4.78 is 0. The van der Waals surface area contributed by atoms with Crippen molar-refractivity contribution in [3.05, 3.63) is 72.4 Å². The second kappa shape index (κ2) is 6.83. The van der Waals surface area contributed by atoms with Gasteiger partial charge in [0.15, 0.2) is 0 Å². The van der Waals surface area contributed by atoms with Gasteiger partial charge in [-0.15, -0.1) is 0 Å². The fourth-order valence-electron chi connectivity index (χ4n) is 1.43. The quantitative estimate of drug-likeness (QED) is 0.583. The zero-order valence-corrected chi connectivity index (χ0v) is 9.32. The summed E-state index contributed by atoms with van der Waals surface area (Å²) in [7, 11) is 0. The SMILES string of the molecule is C=C/C=C(\C=C/CC)C1=CC=CC=CC1. The van der Waals surface area contributed by atoms with E-state index in [1.807, 2.05) is 6.08 Å². The first-order valence-electron chi connectivity index (χ1n) is 5.40. The average Bonchev–Trinajstić information content (AvgIpc) is 2.52. The normalized spacial score (nSPS) is 16.6. The summed E-state index contributed by atoms with van der Waals surface area (Å²) in [6.07, 6.45) is 20.8. The van der Waals surface area contributed by atoms with Crippen LogP contribution in [0.25, 0.3) is 0 Å². The van der Waals surface area contributed by atoms with Crippen LogP contribution in [0.3, 0.4) is 0 Å². The summed E-state index contributed by atoms with van der Waals surface area (Å²) in [6, 6.07) is 0. The Balaban J connectivity index is 2.89. The van der Waals surface area contributed by atoms with Crippen LogP contribution < -0.4 is 0 Å². The van der Waals surface area contributed by atoms with Gasteiger partial charge in [-0.3, -0.25) is 0 Å². The van der Waals surface area contributed by atoms with Crippen LogP contribution in [0.5, 0.6) is 0 Å². The van der Waals surface area contributed by atoms with E-state index >= 15 is 0 Å². The highest BCUT2D eigenvalue weighted by Crippen LogP contribution is 2.18. The fourth-order valence-corrected chi connectivity index (χ4v) is 1.43. The molecule has 15 heavy (non-hydrogen) atoms. The summed E-state index contributed by atoms with van der Waals surface area (Å²) in [5.41, 5.74) is 2.59. The lowest BCUT2D eigenvalue weighted by Gasteiger charge is -2.04. The molecule has 1 aliphatic rings. The van der Waals surface area contributed by atoms with Crippen molar-refractivity contribution in [1.29, 1.82) is 0 Å². The Hall–Kier alpha value is -1.56. The lowest BCUT2D eigenvalue weighted by molar-refractivity contribution is 1.20. The second-order valence-corrected chi connectivity index (χ2v) is 3.38. The lowest BCUT2D eigenvalue weighted by atomic mass is 10.0. The number of rotatable bonds is 4. The molecule has 0 atom stereocenters. The smallest absolute Gasteiger partial charge is 0.00884 e. The van der Waals surface area contributed by atoms with Crippen molar-refractivity contribution in [2.45, 2.75) is 19.8 Å². The maximum Gasteiger partial charge on any atom is -0.00884 e. The van der Waals surface area contributed by atoms with Gasteiger partial charge in [-0.25, -0.2) is 0 Å². The molecule has 0 bridgehead atoms. The Labute approximate surface area is 92.7 Å². The Morgan fingerprint density at radius 3 is 3.00 bits per heavy atom. The van der Waals surface area contributed by atoms with Gasteiger partial charge in [-0.1, -0.05) is 68.2 Å². The Kier molecular flexibility index (Phi) is 5.24. The highest BCUT2D eigenvalue weighted by molar-refractivity contribution is 5.45. The van der Waals surface area contributed by atoms with E-state index in [2.05, 4.69) is 62.1 Å². The summed E-state index contributed by atoms with van der Waals surface area (Å²) in [6.45, 7) is 5.90. The highest BCUT2D eigenvalue weighted by atomic mass is 14.0. The standard InChI is InChI=1S/C15H18/c1-3-5-11-14(10-4-2)15-12-8-6-7-9-13-15/h4-12H,2-3,13H2,1H3/b11-5-,14-10+. The van der Waals surface area contributed by atoms with E-state index in [0.717, 1.165) is 12.8 Å². The van der Waals surface area contributed by atoms with Gasteiger partial charge in [0.25, 0.3) is 0 Å². The molecule has 0 aromatic rings. The first kappa shape index (κ1) is 11.5. The third kappa shape index (κ3) is 3.99. The van der Waals surface area contributed by atoms with Crippen molar-refractivity contribution in [3.8, 4) is 0 Å². The Morgan fingerprint density at radius 1 is 1.40 bits per heavy atom. The molecule has 0 unspecified atom stereocenters.